The fourth-order valence-electron chi connectivity index (χ4n) is 8.16. The molecule has 0 spiro atoms. The van der Waals surface area contributed by atoms with Gasteiger partial charge in [0.1, 0.15) is 17.2 Å². The molecule has 0 radical (unpaired) electrons. The molecular weight excluding hydrogens is 747 g/mol. The Bertz CT molecular complexity index is 2020. The molecule has 6 unspecified atom stereocenters. The minimum atomic E-state index is -1.98. The minimum Gasteiger partial charge on any atom is -0.507 e. The molecule has 3 fully saturated rings. The number of imide groups is 2. The minimum absolute atomic E-state index is 0.0767. The lowest BCUT2D eigenvalue weighted by molar-refractivity contribution is -0.138. The topological polar surface area (TPSA) is 113 Å². The van der Waals surface area contributed by atoms with Gasteiger partial charge < -0.3 is 14.6 Å². The van der Waals surface area contributed by atoms with E-state index in [0.29, 0.717) is 33.9 Å². The lowest BCUT2D eigenvalue weighted by atomic mass is 9.56. The lowest BCUT2D eigenvalue weighted by Crippen LogP contribution is -2.60. The summed E-state index contributed by atoms with van der Waals surface area (Å²) in [6.45, 7) is 1.72. The van der Waals surface area contributed by atoms with Crippen LogP contribution >= 0.6 is 39.1 Å². The van der Waals surface area contributed by atoms with E-state index in [1.165, 1.54) is 4.90 Å². The van der Waals surface area contributed by atoms with Crippen LogP contribution in [0.2, 0.25) is 0 Å². The molecule has 3 aromatic rings. The molecule has 9 nitrogen and oxygen atoms in total. The molecule has 7 rings (SSSR count). The maximum absolute atomic E-state index is 14.4. The molecule has 4 amide bonds. The van der Waals surface area contributed by atoms with Crippen LogP contribution in [0.4, 0.5) is 5.69 Å². The first-order valence-electron chi connectivity index (χ1n) is 16.1. The van der Waals surface area contributed by atoms with Gasteiger partial charge in [-0.1, -0.05) is 70.1 Å². The van der Waals surface area contributed by atoms with Gasteiger partial charge in [-0.3, -0.25) is 29.0 Å². The Morgan fingerprint density at radius 2 is 1.68 bits per heavy atom. The van der Waals surface area contributed by atoms with Crippen molar-refractivity contribution in [3.63, 3.8) is 0 Å². The number of phenolic OH excluding ortho intramolecular Hbond substituents is 1. The van der Waals surface area contributed by atoms with Crippen molar-refractivity contribution in [3.8, 4) is 17.2 Å². The number of benzene rings is 3. The summed E-state index contributed by atoms with van der Waals surface area (Å²) >= 11 is 17.8. The molecule has 1 saturated carbocycles. The van der Waals surface area contributed by atoms with Crippen molar-refractivity contribution in [2.75, 3.05) is 24.6 Å². The van der Waals surface area contributed by atoms with Crippen LogP contribution in [0, 0.1) is 24.7 Å². The Morgan fingerprint density at radius 1 is 0.940 bits per heavy atom. The summed E-state index contributed by atoms with van der Waals surface area (Å²) in [5.74, 6) is -4.13. The second kappa shape index (κ2) is 12.6. The normalized spacial score (nSPS) is 28.9. The highest BCUT2D eigenvalue weighted by Gasteiger charge is 2.76. The Morgan fingerprint density at radius 3 is 2.36 bits per heavy atom. The third-order valence-corrected chi connectivity index (χ3v) is 12.6. The molecule has 6 atom stereocenters. The molecule has 50 heavy (non-hydrogen) atoms. The van der Waals surface area contributed by atoms with Gasteiger partial charge in [-0.2, -0.15) is 0 Å². The predicted molar refractivity (Wildman–Crippen MR) is 194 cm³/mol. The number of allylic oxidation sites excluding steroid dienone is 2. The quantitative estimate of drug-likeness (QED) is 0.0923. The summed E-state index contributed by atoms with van der Waals surface area (Å²) in [4.78, 5) is 54.5. The predicted octanol–water partition coefficient (Wildman–Crippen LogP) is 6.80. The zero-order valence-electron chi connectivity index (χ0n) is 27.4. The van der Waals surface area contributed by atoms with Crippen LogP contribution in [0.3, 0.4) is 0 Å². The van der Waals surface area contributed by atoms with E-state index in [0.717, 1.165) is 16.0 Å². The summed E-state index contributed by atoms with van der Waals surface area (Å²) in [5, 5.41) is 11.3. The number of methoxy groups -OCH3 is 2. The largest absolute Gasteiger partial charge is 0.507 e. The number of likely N-dealkylation sites (tertiary alicyclic amines) is 1. The number of amides is 4. The third-order valence-electron chi connectivity index (χ3n) is 10.6. The number of alkyl halides is 3. The van der Waals surface area contributed by atoms with Gasteiger partial charge in [-0.15, -0.1) is 23.2 Å². The highest BCUT2D eigenvalue weighted by molar-refractivity contribution is 9.09. The van der Waals surface area contributed by atoms with E-state index >= 15 is 0 Å². The number of rotatable bonds is 7. The Balaban J connectivity index is 1.24. The number of ether oxygens (including phenoxy) is 2. The van der Waals surface area contributed by atoms with Crippen molar-refractivity contribution in [2.45, 2.75) is 35.4 Å². The highest BCUT2D eigenvalue weighted by atomic mass is 79.9. The van der Waals surface area contributed by atoms with Crippen LogP contribution in [0.1, 0.15) is 41.0 Å². The maximum atomic E-state index is 14.4. The van der Waals surface area contributed by atoms with E-state index < -0.39 is 51.1 Å². The fourth-order valence-corrected chi connectivity index (χ4v) is 9.58. The van der Waals surface area contributed by atoms with Gasteiger partial charge in [0, 0.05) is 17.0 Å². The molecule has 2 heterocycles. The SMILES string of the molecule is COc1ccc(OC)c(C=Cc2ccc(N3C(=O)C4CC=C5C(CC6(Cl)C(=O)N(CBr)C(=O)C6(Cl)C5c5cccc(C)c5O)C4C3=O)cc2)c1. The Labute approximate surface area is 307 Å². The first-order valence-corrected chi connectivity index (χ1v) is 18.0. The van der Waals surface area contributed by atoms with E-state index in [2.05, 4.69) is 15.9 Å². The number of nitrogens with zero attached hydrogens (tertiary/aromatic N) is 2. The molecule has 0 aromatic heterocycles. The van der Waals surface area contributed by atoms with E-state index in [4.69, 9.17) is 32.7 Å². The zero-order valence-corrected chi connectivity index (χ0v) is 30.5. The number of carbonyl (C=O) groups excluding carboxylic acids is 4. The zero-order chi connectivity index (χ0) is 35.7. The first kappa shape index (κ1) is 34.3. The van der Waals surface area contributed by atoms with Gasteiger partial charge in [0.25, 0.3) is 11.8 Å². The first-order chi connectivity index (χ1) is 23.9. The van der Waals surface area contributed by atoms with Crippen LogP contribution in [0.15, 0.2) is 72.3 Å². The number of halogens is 3. The number of aromatic hydroxyl groups is 1. The number of fused-ring (bicyclic) bond motifs is 4. The summed E-state index contributed by atoms with van der Waals surface area (Å²) in [5.41, 5.74) is 3.44. The standard InChI is InChI=1S/C38H33BrCl2N2O7/c1-20-5-4-6-27(32(20)44)31-25-14-15-26-30(28(25)18-37(40)35(47)42(19-39)36(48)38(31,37)41)34(46)43(33(26)45)23-11-8-21(9-12-23)7-10-22-17-24(49-2)13-16-29(22)50-3/h4-14,16-17,26,28,30-31,44H,15,18-19H2,1-3H3. The van der Waals surface area contributed by atoms with Gasteiger partial charge >= 0.3 is 0 Å². The monoisotopic (exact) mass is 778 g/mol. The van der Waals surface area contributed by atoms with Gasteiger partial charge in [-0.05, 0) is 67.1 Å². The average Bonchev–Trinajstić information content (AvgIpc) is 3.46. The molecule has 2 aliphatic carbocycles. The van der Waals surface area contributed by atoms with E-state index in [9.17, 15) is 24.3 Å². The van der Waals surface area contributed by atoms with Gasteiger partial charge in [0.05, 0.1) is 37.2 Å². The lowest BCUT2D eigenvalue weighted by Gasteiger charge is -2.50. The number of hydrogen-bond acceptors (Lipinski definition) is 7. The molecule has 1 N–H and O–H groups in total. The van der Waals surface area contributed by atoms with Crippen molar-refractivity contribution in [1.29, 1.82) is 0 Å². The molecule has 12 heteroatoms. The third kappa shape index (κ3) is 4.86. The second-order valence-corrected chi connectivity index (χ2v) is 14.8. The van der Waals surface area contributed by atoms with Crippen molar-refractivity contribution >= 4 is 80.6 Å². The average molecular weight is 780 g/mol. The summed E-state index contributed by atoms with van der Waals surface area (Å²) in [6, 6.07) is 17.7. The Kier molecular flexibility index (Phi) is 8.64. The molecule has 2 aliphatic heterocycles. The van der Waals surface area contributed by atoms with Crippen LogP contribution in [0.5, 0.6) is 17.2 Å². The van der Waals surface area contributed by atoms with E-state index in [1.807, 2.05) is 48.6 Å². The van der Waals surface area contributed by atoms with Gasteiger partial charge in [0.2, 0.25) is 11.8 Å². The molecule has 0 bridgehead atoms. The number of hydrogen-bond donors (Lipinski definition) is 1. The Hall–Kier alpha value is -4.12. The summed E-state index contributed by atoms with van der Waals surface area (Å²) < 4.78 is 10.8. The van der Waals surface area contributed by atoms with Crippen LogP contribution in [-0.2, 0) is 19.2 Å². The van der Waals surface area contributed by atoms with Gasteiger partial charge in [0.15, 0.2) is 9.75 Å². The number of carbonyl (C=O) groups is 4. The van der Waals surface area contributed by atoms with Gasteiger partial charge in [-0.25, -0.2) is 0 Å². The number of para-hydroxylation sites is 1. The van der Waals surface area contributed by atoms with Crippen molar-refractivity contribution in [1.82, 2.24) is 4.90 Å². The van der Waals surface area contributed by atoms with Crippen LogP contribution in [0.25, 0.3) is 12.2 Å². The van der Waals surface area contributed by atoms with E-state index in [1.54, 1.807) is 51.5 Å². The van der Waals surface area contributed by atoms with Crippen molar-refractivity contribution < 1.29 is 33.8 Å². The molecule has 258 valence electrons. The second-order valence-electron chi connectivity index (χ2n) is 13.0. The number of anilines is 1. The van der Waals surface area contributed by atoms with Crippen LogP contribution in [-0.4, -0.2) is 63.1 Å². The summed E-state index contributed by atoms with van der Waals surface area (Å²) in [6.07, 6.45) is 5.72. The van der Waals surface area contributed by atoms with Crippen molar-refractivity contribution in [3.05, 3.63) is 94.6 Å². The van der Waals surface area contributed by atoms with Crippen molar-refractivity contribution in [2.24, 2.45) is 17.8 Å². The smallest absolute Gasteiger partial charge is 0.254 e. The van der Waals surface area contributed by atoms with E-state index in [-0.39, 0.29) is 30.0 Å². The maximum Gasteiger partial charge on any atom is 0.254 e. The summed E-state index contributed by atoms with van der Waals surface area (Å²) in [7, 11) is 3.19. The number of phenols is 1. The highest BCUT2D eigenvalue weighted by Crippen LogP contribution is 2.66. The van der Waals surface area contributed by atoms with Crippen LogP contribution < -0.4 is 14.4 Å². The number of aryl methyl sites for hydroxylation is 1. The molecule has 2 saturated heterocycles. The fraction of sp³-hybridized carbons (Fsp3) is 0.316. The molecular formula is C38H33BrCl2N2O7. The molecule has 4 aliphatic rings. The molecule has 3 aromatic carbocycles.